The first-order valence-corrected chi connectivity index (χ1v) is 6.84. The minimum atomic E-state index is -0.798. The minimum absolute atomic E-state index is 0.0563. The van der Waals surface area contributed by atoms with E-state index in [2.05, 4.69) is 5.32 Å². The highest BCUT2D eigenvalue weighted by Crippen LogP contribution is 2.20. The predicted octanol–water partition coefficient (Wildman–Crippen LogP) is 2.44. The molecule has 2 aromatic carbocycles. The molecule has 0 heterocycles. The van der Waals surface area contributed by atoms with Crippen LogP contribution in [0.5, 0.6) is 5.75 Å². The van der Waals surface area contributed by atoms with Gasteiger partial charge in [0.05, 0.1) is 12.5 Å². The monoisotopic (exact) mass is 285 g/mol. The number of hydrogen-bond donors (Lipinski definition) is 2. The number of nitrogens with one attached hydrogen (secondary N) is 1. The highest BCUT2D eigenvalue weighted by atomic mass is 16.5. The molecule has 0 saturated heterocycles. The van der Waals surface area contributed by atoms with Gasteiger partial charge in [0.25, 0.3) is 0 Å². The van der Waals surface area contributed by atoms with E-state index in [9.17, 15) is 9.90 Å². The zero-order chi connectivity index (χ0) is 15.1. The third-order valence-electron chi connectivity index (χ3n) is 3.17. The molecule has 4 nitrogen and oxygen atoms in total. The summed E-state index contributed by atoms with van der Waals surface area (Å²) < 4.78 is 5.67. The number of hydrogen-bond acceptors (Lipinski definition) is 3. The molecule has 0 bridgehead atoms. The summed E-state index contributed by atoms with van der Waals surface area (Å²) >= 11 is 0. The van der Waals surface area contributed by atoms with Gasteiger partial charge in [-0.2, -0.15) is 0 Å². The minimum Gasteiger partial charge on any atom is -0.489 e. The molecule has 1 atom stereocenters. The third kappa shape index (κ3) is 4.61. The fourth-order valence-corrected chi connectivity index (χ4v) is 1.92. The predicted molar refractivity (Wildman–Crippen MR) is 80.9 cm³/mol. The summed E-state index contributed by atoms with van der Waals surface area (Å²) in [4.78, 5) is 11.2. The van der Waals surface area contributed by atoms with E-state index in [0.29, 0.717) is 12.2 Å². The van der Waals surface area contributed by atoms with Crippen LogP contribution in [-0.2, 0) is 11.4 Å². The van der Waals surface area contributed by atoms with Crippen molar-refractivity contribution in [2.75, 3.05) is 7.05 Å². The maximum absolute atomic E-state index is 11.2. The van der Waals surface area contributed by atoms with Gasteiger partial charge in [-0.05, 0) is 23.3 Å². The third-order valence-corrected chi connectivity index (χ3v) is 3.17. The van der Waals surface area contributed by atoms with E-state index in [1.165, 1.54) is 0 Å². The van der Waals surface area contributed by atoms with Crippen LogP contribution in [0.2, 0.25) is 0 Å². The van der Waals surface area contributed by atoms with Crippen molar-refractivity contribution in [2.45, 2.75) is 19.1 Å². The average molecular weight is 285 g/mol. The van der Waals surface area contributed by atoms with Crippen molar-refractivity contribution >= 4 is 5.91 Å². The molecule has 0 radical (unpaired) electrons. The Labute approximate surface area is 124 Å². The van der Waals surface area contributed by atoms with E-state index < -0.39 is 6.10 Å². The van der Waals surface area contributed by atoms with Gasteiger partial charge in [-0.1, -0.05) is 42.5 Å². The first kappa shape index (κ1) is 15.1. The van der Waals surface area contributed by atoms with E-state index in [1.807, 2.05) is 30.3 Å². The molecule has 1 amide bonds. The largest absolute Gasteiger partial charge is 0.489 e. The zero-order valence-corrected chi connectivity index (χ0v) is 12.0. The molecular formula is C17H19NO3. The number of benzene rings is 2. The van der Waals surface area contributed by atoms with Gasteiger partial charge in [0, 0.05) is 7.05 Å². The highest BCUT2D eigenvalue weighted by Gasteiger charge is 2.11. The van der Waals surface area contributed by atoms with Crippen LogP contribution in [0.1, 0.15) is 23.7 Å². The summed E-state index contributed by atoms with van der Waals surface area (Å²) in [7, 11) is 1.55. The van der Waals surface area contributed by atoms with Crippen molar-refractivity contribution in [3.05, 3.63) is 65.7 Å². The van der Waals surface area contributed by atoms with Gasteiger partial charge in [-0.25, -0.2) is 0 Å². The molecule has 0 spiro atoms. The van der Waals surface area contributed by atoms with E-state index >= 15 is 0 Å². The van der Waals surface area contributed by atoms with Crippen molar-refractivity contribution in [1.82, 2.24) is 5.32 Å². The van der Waals surface area contributed by atoms with Crippen LogP contribution in [0.15, 0.2) is 54.6 Å². The maximum Gasteiger partial charge on any atom is 0.222 e. The van der Waals surface area contributed by atoms with Crippen LogP contribution in [0, 0.1) is 0 Å². The van der Waals surface area contributed by atoms with Gasteiger partial charge < -0.3 is 15.2 Å². The molecule has 0 aromatic heterocycles. The molecule has 110 valence electrons. The second-order valence-corrected chi connectivity index (χ2v) is 4.74. The lowest BCUT2D eigenvalue weighted by molar-refractivity contribution is -0.122. The molecule has 0 saturated carbocycles. The Morgan fingerprint density at radius 3 is 2.43 bits per heavy atom. The van der Waals surface area contributed by atoms with E-state index in [0.717, 1.165) is 11.3 Å². The Kier molecular flexibility index (Phi) is 5.35. The average Bonchev–Trinajstić information content (AvgIpc) is 2.54. The molecule has 0 aliphatic rings. The Hall–Kier alpha value is -2.33. The number of aliphatic hydroxyl groups is 1. The van der Waals surface area contributed by atoms with Crippen LogP contribution >= 0.6 is 0 Å². The molecule has 2 aromatic rings. The SMILES string of the molecule is CNC(=O)CC(O)c1ccc(OCc2ccccc2)cc1. The van der Waals surface area contributed by atoms with Crippen LogP contribution < -0.4 is 10.1 Å². The second-order valence-electron chi connectivity index (χ2n) is 4.74. The van der Waals surface area contributed by atoms with E-state index in [-0.39, 0.29) is 12.3 Å². The van der Waals surface area contributed by atoms with Crippen LogP contribution in [0.3, 0.4) is 0 Å². The van der Waals surface area contributed by atoms with Crippen molar-refractivity contribution in [3.63, 3.8) is 0 Å². The van der Waals surface area contributed by atoms with E-state index in [4.69, 9.17) is 4.74 Å². The Morgan fingerprint density at radius 1 is 1.14 bits per heavy atom. The number of aliphatic hydroxyl groups excluding tert-OH is 1. The zero-order valence-electron chi connectivity index (χ0n) is 12.0. The van der Waals surface area contributed by atoms with Gasteiger partial charge >= 0.3 is 0 Å². The molecule has 2 rings (SSSR count). The van der Waals surface area contributed by atoms with Gasteiger partial charge in [0.1, 0.15) is 12.4 Å². The second kappa shape index (κ2) is 7.45. The highest BCUT2D eigenvalue weighted by molar-refractivity contribution is 5.76. The number of carbonyl (C=O) groups is 1. The molecule has 0 fully saturated rings. The number of amides is 1. The van der Waals surface area contributed by atoms with Gasteiger partial charge in [-0.15, -0.1) is 0 Å². The molecule has 1 unspecified atom stereocenters. The number of carbonyl (C=O) groups excluding carboxylic acids is 1. The summed E-state index contributed by atoms with van der Waals surface area (Å²) in [6.07, 6.45) is -0.742. The van der Waals surface area contributed by atoms with Crippen LogP contribution in [0.25, 0.3) is 0 Å². The molecule has 2 N–H and O–H groups in total. The topological polar surface area (TPSA) is 58.6 Å². The Balaban J connectivity index is 1.91. The lowest BCUT2D eigenvalue weighted by Gasteiger charge is -2.11. The van der Waals surface area contributed by atoms with Crippen molar-refractivity contribution in [3.8, 4) is 5.75 Å². The summed E-state index contributed by atoms with van der Waals surface area (Å²) in [5, 5.41) is 12.4. The standard InChI is InChI=1S/C17H19NO3/c1-18-17(20)11-16(19)14-7-9-15(10-8-14)21-12-13-5-3-2-4-6-13/h2-10,16,19H,11-12H2,1H3,(H,18,20). The lowest BCUT2D eigenvalue weighted by atomic mass is 10.1. The quantitative estimate of drug-likeness (QED) is 0.857. The first-order chi connectivity index (χ1) is 10.2. The lowest BCUT2D eigenvalue weighted by Crippen LogP contribution is -2.20. The number of ether oxygens (including phenoxy) is 1. The van der Waals surface area contributed by atoms with Gasteiger partial charge in [0.2, 0.25) is 5.91 Å². The van der Waals surface area contributed by atoms with Crippen molar-refractivity contribution in [1.29, 1.82) is 0 Å². The van der Waals surface area contributed by atoms with Crippen LogP contribution in [-0.4, -0.2) is 18.1 Å². The molecule has 0 aliphatic heterocycles. The van der Waals surface area contributed by atoms with Gasteiger partial charge in [0.15, 0.2) is 0 Å². The summed E-state index contributed by atoms with van der Waals surface area (Å²) in [5.74, 6) is 0.543. The summed E-state index contributed by atoms with van der Waals surface area (Å²) in [5.41, 5.74) is 1.80. The van der Waals surface area contributed by atoms with Crippen LogP contribution in [0.4, 0.5) is 0 Å². The Morgan fingerprint density at radius 2 is 1.81 bits per heavy atom. The summed E-state index contributed by atoms with van der Waals surface area (Å²) in [6.45, 7) is 0.501. The first-order valence-electron chi connectivity index (χ1n) is 6.84. The fourth-order valence-electron chi connectivity index (χ4n) is 1.92. The molecule has 0 aliphatic carbocycles. The molecule has 4 heteroatoms. The van der Waals surface area contributed by atoms with E-state index in [1.54, 1.807) is 31.3 Å². The van der Waals surface area contributed by atoms with Crippen molar-refractivity contribution in [2.24, 2.45) is 0 Å². The summed E-state index contributed by atoms with van der Waals surface area (Å²) in [6, 6.07) is 17.0. The number of rotatable bonds is 6. The Bertz CT molecular complexity index is 566. The maximum atomic E-state index is 11.2. The molecule has 21 heavy (non-hydrogen) atoms. The smallest absolute Gasteiger partial charge is 0.222 e. The van der Waals surface area contributed by atoms with Gasteiger partial charge in [-0.3, -0.25) is 4.79 Å². The van der Waals surface area contributed by atoms with Crippen molar-refractivity contribution < 1.29 is 14.6 Å². The normalized spacial score (nSPS) is 11.7. The fraction of sp³-hybridized carbons (Fsp3) is 0.235. The molecular weight excluding hydrogens is 266 g/mol.